The van der Waals surface area contributed by atoms with Crippen molar-refractivity contribution in [3.05, 3.63) is 23.8 Å². The predicted octanol–water partition coefficient (Wildman–Crippen LogP) is -1.78. The molecule has 121 valence electrons. The van der Waals surface area contributed by atoms with Gasteiger partial charge in [-0.05, 0) is 24.6 Å². The molecule has 0 amide bonds. The third-order valence-corrected chi connectivity index (χ3v) is 1.93. The largest absolute Gasteiger partial charge is 2.00 e. The Hall–Kier alpha value is -1.60. The molecule has 1 aromatic rings. The van der Waals surface area contributed by atoms with Crippen molar-refractivity contribution in [2.45, 2.75) is 6.92 Å². The molecule has 0 aliphatic rings. The molecule has 0 heterocycles. The summed E-state index contributed by atoms with van der Waals surface area (Å²) in [6.07, 6.45) is 1.49. The first kappa shape index (κ1) is 21.7. The summed E-state index contributed by atoms with van der Waals surface area (Å²) in [5.74, 6) is -1.36. The molecule has 0 spiro atoms. The number of aromatic hydroxyl groups is 1. The molecule has 0 bridgehead atoms. The second-order valence-corrected chi connectivity index (χ2v) is 3.72. The minimum atomic E-state index is -1.08. The van der Waals surface area contributed by atoms with Crippen LogP contribution in [0.1, 0.15) is 12.5 Å². The number of carboxylic acid groups (broad SMARTS) is 1. The van der Waals surface area contributed by atoms with Crippen molar-refractivity contribution in [2.24, 2.45) is 4.99 Å². The molecule has 8 heteroatoms. The summed E-state index contributed by atoms with van der Waals surface area (Å²) in [6, 6.07) is 4.14. The van der Waals surface area contributed by atoms with E-state index in [1.165, 1.54) is 18.3 Å². The van der Waals surface area contributed by atoms with Gasteiger partial charge >= 0.3 is 17.1 Å². The van der Waals surface area contributed by atoms with Crippen LogP contribution < -0.4 is 15.5 Å². The maximum absolute atomic E-state index is 11.3. The Morgan fingerprint density at radius 1 is 1.43 bits per heavy atom. The molecule has 0 aromatic heterocycles. The van der Waals surface area contributed by atoms with Gasteiger partial charge in [-0.25, -0.2) is 0 Å². The molecule has 0 unspecified atom stereocenters. The number of benzene rings is 1. The third-order valence-electron chi connectivity index (χ3n) is 1.93. The number of aliphatic imine (C=N–C) groups is 1. The van der Waals surface area contributed by atoms with Crippen molar-refractivity contribution in [1.82, 2.24) is 5.32 Å². The summed E-state index contributed by atoms with van der Waals surface area (Å²) < 4.78 is 0. The third kappa shape index (κ3) is 13.1. The van der Waals surface area contributed by atoms with Crippen molar-refractivity contribution in [3.63, 3.8) is 0 Å². The van der Waals surface area contributed by atoms with Gasteiger partial charge in [0.1, 0.15) is 5.75 Å². The van der Waals surface area contributed by atoms with Gasteiger partial charge in [0, 0.05) is 25.3 Å². The summed E-state index contributed by atoms with van der Waals surface area (Å²) in [7, 11) is 0. The number of aliphatic hydroxyl groups is 1. The minimum Gasteiger partial charge on any atom is -0.872 e. The fraction of sp³-hybridized carbons (Fsp3) is 0.385. The van der Waals surface area contributed by atoms with Gasteiger partial charge in [0.25, 0.3) is 0 Å². The summed E-state index contributed by atoms with van der Waals surface area (Å²) in [6.45, 7) is 2.82. The van der Waals surface area contributed by atoms with Crippen LogP contribution in [0.15, 0.2) is 23.2 Å². The maximum atomic E-state index is 11.3. The molecule has 1 rings (SSSR count). The summed E-state index contributed by atoms with van der Waals surface area (Å²) in [5, 5.41) is 40.7. The Kier molecular flexibility index (Phi) is 13.8. The molecule has 0 aliphatic carbocycles. The number of aliphatic hydroxyl groups excluding tert-OH is 1. The van der Waals surface area contributed by atoms with E-state index in [-0.39, 0.29) is 35.2 Å². The van der Waals surface area contributed by atoms with Gasteiger partial charge in [-0.3, -0.25) is 4.99 Å². The van der Waals surface area contributed by atoms with Gasteiger partial charge in [0.2, 0.25) is 0 Å². The van der Waals surface area contributed by atoms with Crippen LogP contribution in [0.4, 0.5) is 0 Å². The normalized spacial score (nSPS) is 9.62. The predicted molar refractivity (Wildman–Crippen MR) is 70.7 cm³/mol. The molecule has 0 aliphatic heterocycles. The molecule has 0 atom stereocenters. The fourth-order valence-corrected chi connectivity index (χ4v) is 1.14. The second kappa shape index (κ2) is 13.4. The number of rotatable bonds is 6. The monoisotopic (exact) mass is 345 g/mol. The van der Waals surface area contributed by atoms with Crippen LogP contribution in [0, 0.1) is 0 Å². The van der Waals surface area contributed by atoms with Crippen molar-refractivity contribution in [3.8, 4) is 11.5 Å². The Balaban J connectivity index is 0. The first-order valence-electron chi connectivity index (χ1n) is 5.96. The van der Waals surface area contributed by atoms with Crippen molar-refractivity contribution < 1.29 is 42.3 Å². The Morgan fingerprint density at radius 3 is 2.57 bits per heavy atom. The summed E-state index contributed by atoms with van der Waals surface area (Å²) in [4.78, 5) is 12.9. The second-order valence-electron chi connectivity index (χ2n) is 3.72. The topological polar surface area (TPSA) is 128 Å². The van der Waals surface area contributed by atoms with E-state index in [1.54, 1.807) is 0 Å². The van der Waals surface area contributed by atoms with E-state index in [9.17, 15) is 5.11 Å². The van der Waals surface area contributed by atoms with E-state index in [0.29, 0.717) is 25.2 Å². The van der Waals surface area contributed by atoms with E-state index in [1.807, 2.05) is 0 Å². The van der Waals surface area contributed by atoms with E-state index in [2.05, 4.69) is 10.3 Å². The number of phenols is 1. The Labute approximate surface area is 133 Å². The first-order valence-corrected chi connectivity index (χ1v) is 5.96. The Bertz CT molecular complexity index is 437. The van der Waals surface area contributed by atoms with Crippen molar-refractivity contribution >= 4 is 12.2 Å². The molecular formula is C13H18CuN2O5. The number of hydrogen-bond donors (Lipinski definition) is 3. The van der Waals surface area contributed by atoms with Crippen LogP contribution in [0.2, 0.25) is 0 Å². The molecule has 1 radical (unpaired) electrons. The number of nitrogens with zero attached hydrogens (tertiary/aromatic N) is 1. The molecule has 3 N–H and O–H groups in total. The van der Waals surface area contributed by atoms with Gasteiger partial charge in [0.15, 0.2) is 0 Å². The SMILES string of the molecule is CC(=O)[O-].[Cu+2].[O-]c1cc(O)ccc1C=NCCNCCO. The zero-order chi connectivity index (χ0) is 15.4. The molecule has 1 aromatic carbocycles. The van der Waals surface area contributed by atoms with Gasteiger partial charge in [-0.2, -0.15) is 0 Å². The number of carbonyl (C=O) groups is 1. The van der Waals surface area contributed by atoms with E-state index < -0.39 is 5.97 Å². The van der Waals surface area contributed by atoms with Crippen molar-refractivity contribution in [2.75, 3.05) is 26.2 Å². The summed E-state index contributed by atoms with van der Waals surface area (Å²) >= 11 is 0. The number of carbonyl (C=O) groups excluding carboxylic acids is 1. The average molecular weight is 346 g/mol. The molecule has 0 fully saturated rings. The average Bonchev–Trinajstić information content (AvgIpc) is 2.35. The molecule has 21 heavy (non-hydrogen) atoms. The number of phenolic OH excluding ortho intramolecular Hbond substituents is 1. The first-order chi connectivity index (χ1) is 9.47. The zero-order valence-corrected chi connectivity index (χ0v) is 12.4. The van der Waals surface area contributed by atoms with E-state index >= 15 is 0 Å². The van der Waals surface area contributed by atoms with Crippen LogP contribution in [-0.2, 0) is 21.9 Å². The number of carboxylic acids is 1. The van der Waals surface area contributed by atoms with Gasteiger partial charge in [-0.1, -0.05) is 11.8 Å². The van der Waals surface area contributed by atoms with Gasteiger partial charge in [0.05, 0.1) is 13.2 Å². The maximum Gasteiger partial charge on any atom is 2.00 e. The van der Waals surface area contributed by atoms with Gasteiger partial charge in [-0.15, -0.1) is 0 Å². The van der Waals surface area contributed by atoms with Crippen LogP contribution in [0.5, 0.6) is 11.5 Å². The van der Waals surface area contributed by atoms with Gasteiger partial charge < -0.3 is 30.5 Å². The Morgan fingerprint density at radius 2 is 2.05 bits per heavy atom. The van der Waals surface area contributed by atoms with Crippen LogP contribution in [-0.4, -0.2) is 48.6 Å². The number of hydrogen-bond acceptors (Lipinski definition) is 7. The van der Waals surface area contributed by atoms with Crippen molar-refractivity contribution in [1.29, 1.82) is 0 Å². The van der Waals surface area contributed by atoms with Crippen LogP contribution in [0.25, 0.3) is 0 Å². The standard InChI is InChI=1S/C11H16N2O3.C2H4O2.Cu/c14-6-5-12-3-4-13-8-9-1-2-10(15)7-11(9)16;1-2(3)4;/h1-2,7-8,12,14-16H,3-6H2;1H3,(H,3,4);/q;;+2/p-2. The van der Waals surface area contributed by atoms with E-state index in [0.717, 1.165) is 13.0 Å². The van der Waals surface area contributed by atoms with E-state index in [4.69, 9.17) is 20.1 Å². The number of nitrogens with one attached hydrogen (secondary N) is 1. The van der Waals surface area contributed by atoms with Crippen LogP contribution in [0.3, 0.4) is 0 Å². The molecule has 7 nitrogen and oxygen atoms in total. The van der Waals surface area contributed by atoms with Crippen LogP contribution >= 0.6 is 0 Å². The smallest absolute Gasteiger partial charge is 0.872 e. The molecular weight excluding hydrogens is 328 g/mol. The minimum absolute atomic E-state index is 0. The zero-order valence-electron chi connectivity index (χ0n) is 11.5. The fourth-order valence-electron chi connectivity index (χ4n) is 1.14. The number of aliphatic carboxylic acids is 1. The summed E-state index contributed by atoms with van der Waals surface area (Å²) in [5.41, 5.74) is 0.458. The quantitative estimate of drug-likeness (QED) is 0.318. The molecule has 0 saturated carbocycles. The molecule has 0 saturated heterocycles.